The summed E-state index contributed by atoms with van der Waals surface area (Å²) in [6.07, 6.45) is 0.211. The molecule has 0 saturated carbocycles. The molecule has 96 valence electrons. The average molecular weight is 250 g/mol. The molecule has 2 rings (SSSR count). The zero-order chi connectivity index (χ0) is 13.2. The second-order valence-corrected chi connectivity index (χ2v) is 4.82. The van der Waals surface area contributed by atoms with Gasteiger partial charge in [-0.25, -0.2) is 4.39 Å². The van der Waals surface area contributed by atoms with E-state index in [1.165, 1.54) is 12.1 Å². The minimum Gasteiger partial charge on any atom is -0.355 e. The number of benzene rings is 1. The van der Waals surface area contributed by atoms with Crippen LogP contribution in [0, 0.1) is 11.2 Å². The molecule has 2 N–H and O–H groups in total. The largest absolute Gasteiger partial charge is 0.355 e. The molecule has 1 aliphatic heterocycles. The van der Waals surface area contributed by atoms with E-state index in [2.05, 4.69) is 10.6 Å². The van der Waals surface area contributed by atoms with Crippen molar-refractivity contribution in [2.45, 2.75) is 19.9 Å². The Labute approximate surface area is 105 Å². The fourth-order valence-corrected chi connectivity index (χ4v) is 1.93. The van der Waals surface area contributed by atoms with Gasteiger partial charge in [0.25, 0.3) is 0 Å². The molecule has 1 aromatic rings. The lowest BCUT2D eigenvalue weighted by Crippen LogP contribution is -2.40. The molecule has 18 heavy (non-hydrogen) atoms. The second kappa shape index (κ2) is 4.76. The maximum absolute atomic E-state index is 12.7. The summed E-state index contributed by atoms with van der Waals surface area (Å²) < 4.78 is 12.7. The van der Waals surface area contributed by atoms with Crippen LogP contribution in [0.5, 0.6) is 0 Å². The van der Waals surface area contributed by atoms with Crippen LogP contribution in [0.15, 0.2) is 24.3 Å². The van der Waals surface area contributed by atoms with Crippen LogP contribution < -0.4 is 10.6 Å². The molecular weight excluding hydrogens is 235 g/mol. The molecule has 0 spiro atoms. The highest BCUT2D eigenvalue weighted by Gasteiger charge is 2.40. The summed E-state index contributed by atoms with van der Waals surface area (Å²) in [6.45, 7) is 2.45. The van der Waals surface area contributed by atoms with E-state index in [9.17, 15) is 14.0 Å². The lowest BCUT2D eigenvalue weighted by atomic mass is 9.88. The molecule has 1 aliphatic rings. The van der Waals surface area contributed by atoms with Crippen molar-refractivity contribution in [3.8, 4) is 0 Å². The van der Waals surface area contributed by atoms with Gasteiger partial charge in [-0.05, 0) is 24.6 Å². The van der Waals surface area contributed by atoms with Gasteiger partial charge >= 0.3 is 0 Å². The quantitative estimate of drug-likeness (QED) is 0.839. The molecule has 1 unspecified atom stereocenters. The fraction of sp³-hybridized carbons (Fsp3) is 0.385. The van der Waals surface area contributed by atoms with Crippen LogP contribution >= 0.6 is 0 Å². The van der Waals surface area contributed by atoms with E-state index in [1.807, 2.05) is 0 Å². The summed E-state index contributed by atoms with van der Waals surface area (Å²) in [5, 5.41) is 5.42. The molecule has 0 radical (unpaired) electrons. The van der Waals surface area contributed by atoms with Gasteiger partial charge < -0.3 is 10.6 Å². The van der Waals surface area contributed by atoms with E-state index in [1.54, 1.807) is 19.1 Å². The molecule has 2 amide bonds. The first-order valence-electron chi connectivity index (χ1n) is 5.79. The van der Waals surface area contributed by atoms with E-state index in [-0.39, 0.29) is 24.1 Å². The molecule has 0 aromatic heterocycles. The predicted molar refractivity (Wildman–Crippen MR) is 64.0 cm³/mol. The number of rotatable bonds is 3. The van der Waals surface area contributed by atoms with Crippen molar-refractivity contribution in [1.29, 1.82) is 0 Å². The Balaban J connectivity index is 1.92. The Morgan fingerprint density at radius 2 is 2.11 bits per heavy atom. The van der Waals surface area contributed by atoms with Gasteiger partial charge in [-0.2, -0.15) is 0 Å². The number of hydrogen-bond acceptors (Lipinski definition) is 2. The molecule has 1 aromatic carbocycles. The summed E-state index contributed by atoms with van der Waals surface area (Å²) in [5.41, 5.74) is 0.141. The first-order valence-corrected chi connectivity index (χ1v) is 5.79. The van der Waals surface area contributed by atoms with Crippen molar-refractivity contribution < 1.29 is 14.0 Å². The molecule has 1 heterocycles. The Bertz CT molecular complexity index is 472. The minimum absolute atomic E-state index is 0.102. The number of carbonyl (C=O) groups is 2. The lowest BCUT2D eigenvalue weighted by Gasteiger charge is -2.20. The van der Waals surface area contributed by atoms with E-state index in [4.69, 9.17) is 0 Å². The van der Waals surface area contributed by atoms with Gasteiger partial charge in [0.05, 0.1) is 5.41 Å². The zero-order valence-electron chi connectivity index (χ0n) is 10.1. The van der Waals surface area contributed by atoms with Gasteiger partial charge in [0.2, 0.25) is 11.8 Å². The van der Waals surface area contributed by atoms with Crippen molar-refractivity contribution in [3.63, 3.8) is 0 Å². The van der Waals surface area contributed by atoms with E-state index in [0.717, 1.165) is 5.56 Å². The first-order chi connectivity index (χ1) is 8.49. The highest BCUT2D eigenvalue weighted by atomic mass is 19.1. The fourth-order valence-electron chi connectivity index (χ4n) is 1.93. The molecule has 0 aliphatic carbocycles. The van der Waals surface area contributed by atoms with Crippen molar-refractivity contribution >= 4 is 11.8 Å². The van der Waals surface area contributed by atoms with Gasteiger partial charge in [-0.15, -0.1) is 0 Å². The van der Waals surface area contributed by atoms with Crippen LogP contribution in [0.25, 0.3) is 0 Å². The molecular formula is C13H15FN2O2. The predicted octanol–water partition coefficient (Wildman–Crippen LogP) is 0.968. The number of nitrogens with one attached hydrogen (secondary N) is 2. The Morgan fingerprint density at radius 3 is 2.67 bits per heavy atom. The maximum atomic E-state index is 12.7. The number of halogens is 1. The van der Waals surface area contributed by atoms with Gasteiger partial charge in [0.15, 0.2) is 0 Å². The number of carbonyl (C=O) groups excluding carboxylic acids is 2. The van der Waals surface area contributed by atoms with E-state index in [0.29, 0.717) is 13.1 Å². The molecule has 5 heteroatoms. The van der Waals surface area contributed by atoms with Crippen LogP contribution in [0.3, 0.4) is 0 Å². The lowest BCUT2D eigenvalue weighted by molar-refractivity contribution is -0.131. The number of hydrogen-bond donors (Lipinski definition) is 2. The van der Waals surface area contributed by atoms with Gasteiger partial charge in [0, 0.05) is 19.5 Å². The smallest absolute Gasteiger partial charge is 0.228 e. The summed E-state index contributed by atoms with van der Waals surface area (Å²) in [7, 11) is 0. The van der Waals surface area contributed by atoms with Gasteiger partial charge in [-0.3, -0.25) is 9.59 Å². The highest BCUT2D eigenvalue weighted by Crippen LogP contribution is 2.25. The Morgan fingerprint density at radius 1 is 1.44 bits per heavy atom. The summed E-state index contributed by atoms with van der Waals surface area (Å²) >= 11 is 0. The topological polar surface area (TPSA) is 58.2 Å². The molecule has 1 atom stereocenters. The summed E-state index contributed by atoms with van der Waals surface area (Å²) in [4.78, 5) is 23.1. The van der Waals surface area contributed by atoms with Crippen LogP contribution in [0.1, 0.15) is 18.9 Å². The molecule has 1 saturated heterocycles. The van der Waals surface area contributed by atoms with Gasteiger partial charge in [-0.1, -0.05) is 12.1 Å². The Hall–Kier alpha value is -1.91. The molecule has 1 fully saturated rings. The van der Waals surface area contributed by atoms with Gasteiger partial charge in [0.1, 0.15) is 5.82 Å². The number of amides is 2. The summed E-state index contributed by atoms with van der Waals surface area (Å²) in [5.74, 6) is -0.567. The maximum Gasteiger partial charge on any atom is 0.228 e. The highest BCUT2D eigenvalue weighted by molar-refractivity contribution is 5.92. The second-order valence-electron chi connectivity index (χ2n) is 4.82. The third-order valence-electron chi connectivity index (χ3n) is 3.14. The van der Waals surface area contributed by atoms with E-state index < -0.39 is 5.41 Å². The third-order valence-corrected chi connectivity index (χ3v) is 3.14. The third kappa shape index (κ3) is 2.67. The SMILES string of the molecule is CC1(C(=O)NCc2ccc(F)cc2)CNC(=O)C1. The minimum atomic E-state index is -0.683. The average Bonchev–Trinajstić information content (AvgIpc) is 2.69. The monoisotopic (exact) mass is 250 g/mol. The van der Waals surface area contributed by atoms with Crippen LogP contribution in [0.2, 0.25) is 0 Å². The van der Waals surface area contributed by atoms with Crippen LogP contribution in [-0.2, 0) is 16.1 Å². The van der Waals surface area contributed by atoms with Crippen molar-refractivity contribution in [3.05, 3.63) is 35.6 Å². The van der Waals surface area contributed by atoms with Crippen LogP contribution in [0.4, 0.5) is 4.39 Å². The van der Waals surface area contributed by atoms with E-state index >= 15 is 0 Å². The standard InChI is InChI=1S/C13H15FN2O2/c1-13(6-11(17)16-8-13)12(18)15-7-9-2-4-10(14)5-3-9/h2-5H,6-8H2,1H3,(H,15,18)(H,16,17). The van der Waals surface area contributed by atoms with Crippen molar-refractivity contribution in [2.75, 3.05) is 6.54 Å². The Kier molecular flexibility index (Phi) is 3.32. The molecule has 4 nitrogen and oxygen atoms in total. The molecule has 0 bridgehead atoms. The first kappa shape index (κ1) is 12.5. The normalized spacial score (nSPS) is 22.7. The zero-order valence-corrected chi connectivity index (χ0v) is 10.1. The van der Waals surface area contributed by atoms with Crippen LogP contribution in [-0.4, -0.2) is 18.4 Å². The summed E-state index contributed by atoms with van der Waals surface area (Å²) in [6, 6.07) is 5.94. The van der Waals surface area contributed by atoms with Crippen molar-refractivity contribution in [1.82, 2.24) is 10.6 Å². The van der Waals surface area contributed by atoms with Crippen molar-refractivity contribution in [2.24, 2.45) is 5.41 Å².